The van der Waals surface area contributed by atoms with Crippen LogP contribution in [0.1, 0.15) is 19.8 Å². The van der Waals surface area contributed by atoms with Crippen molar-refractivity contribution in [3.63, 3.8) is 0 Å². The van der Waals surface area contributed by atoms with Crippen LogP contribution in [0.15, 0.2) is 34.2 Å². The van der Waals surface area contributed by atoms with Crippen molar-refractivity contribution < 1.29 is 9.59 Å². The van der Waals surface area contributed by atoms with Gasteiger partial charge in [0.1, 0.15) is 6.54 Å². The lowest BCUT2D eigenvalue weighted by atomic mass is 10.2. The van der Waals surface area contributed by atoms with E-state index in [2.05, 4.69) is 15.5 Å². The Labute approximate surface area is 148 Å². The van der Waals surface area contributed by atoms with Gasteiger partial charge in [-0.25, -0.2) is 9.89 Å². The Balaban J connectivity index is 1.72. The number of carbonyl (C=O) groups is 2. The molecule has 0 atom stereocenters. The molecule has 0 saturated carbocycles. The van der Waals surface area contributed by atoms with Gasteiger partial charge in [0.15, 0.2) is 5.16 Å². The van der Waals surface area contributed by atoms with Crippen LogP contribution in [-0.4, -0.2) is 38.9 Å². The molecular formula is C16H19N5O3S. The van der Waals surface area contributed by atoms with Crippen molar-refractivity contribution >= 4 is 35.0 Å². The summed E-state index contributed by atoms with van der Waals surface area (Å²) >= 11 is 1.19. The van der Waals surface area contributed by atoms with Gasteiger partial charge in [-0.05, 0) is 18.6 Å². The Kier molecular flexibility index (Phi) is 5.22. The quantitative estimate of drug-likeness (QED) is 0.759. The predicted octanol–water partition coefficient (Wildman–Crippen LogP) is 1.45. The number of amides is 2. The number of aromatic nitrogens is 3. The van der Waals surface area contributed by atoms with Gasteiger partial charge in [-0.1, -0.05) is 37.2 Å². The molecule has 0 saturated heterocycles. The van der Waals surface area contributed by atoms with Gasteiger partial charge in [0, 0.05) is 6.54 Å². The van der Waals surface area contributed by atoms with Gasteiger partial charge >= 0.3 is 5.69 Å². The Morgan fingerprint density at radius 2 is 2.12 bits per heavy atom. The van der Waals surface area contributed by atoms with E-state index in [9.17, 15) is 14.4 Å². The van der Waals surface area contributed by atoms with E-state index in [1.807, 2.05) is 13.0 Å². The number of benzene rings is 1. The fourth-order valence-corrected chi connectivity index (χ4v) is 3.44. The monoisotopic (exact) mass is 361 g/mol. The number of aromatic amines is 1. The zero-order valence-electron chi connectivity index (χ0n) is 13.8. The Morgan fingerprint density at radius 3 is 2.92 bits per heavy atom. The van der Waals surface area contributed by atoms with Crippen molar-refractivity contribution in [1.29, 1.82) is 0 Å². The molecule has 1 aromatic carbocycles. The lowest BCUT2D eigenvalue weighted by Crippen LogP contribution is -2.43. The molecule has 2 N–H and O–H groups in total. The smallest absolute Gasteiger partial charge is 0.323 e. The minimum atomic E-state index is -0.272. The zero-order chi connectivity index (χ0) is 17.8. The van der Waals surface area contributed by atoms with Crippen LogP contribution in [0.4, 0.5) is 11.4 Å². The first-order valence-corrected chi connectivity index (χ1v) is 9.06. The fraction of sp³-hybridized carbons (Fsp3) is 0.375. The molecule has 1 aliphatic rings. The summed E-state index contributed by atoms with van der Waals surface area (Å²) in [4.78, 5) is 37.7. The molecule has 0 aliphatic carbocycles. The Hall–Kier alpha value is -2.55. The number of anilines is 2. The second-order valence-electron chi connectivity index (χ2n) is 5.65. The number of nitrogens with zero attached hydrogens (tertiary/aromatic N) is 3. The number of unbranched alkanes of at least 4 members (excludes halogenated alkanes) is 1. The van der Waals surface area contributed by atoms with E-state index in [0.717, 1.165) is 12.8 Å². The number of rotatable bonds is 6. The molecule has 0 bridgehead atoms. The summed E-state index contributed by atoms with van der Waals surface area (Å²) in [6, 6.07) is 7.18. The highest BCUT2D eigenvalue weighted by atomic mass is 32.2. The van der Waals surface area contributed by atoms with Crippen LogP contribution in [0.5, 0.6) is 0 Å². The summed E-state index contributed by atoms with van der Waals surface area (Å²) in [5.41, 5.74) is 1.03. The maximum atomic E-state index is 12.6. The molecule has 8 nitrogen and oxygen atoms in total. The normalized spacial score (nSPS) is 13.5. The largest absolute Gasteiger partial charge is 0.343 e. The lowest BCUT2D eigenvalue weighted by molar-refractivity contribution is -0.120. The summed E-state index contributed by atoms with van der Waals surface area (Å²) in [6.45, 7) is 2.59. The highest BCUT2D eigenvalue weighted by Crippen LogP contribution is 2.29. The average Bonchev–Trinajstić information content (AvgIpc) is 2.96. The van der Waals surface area contributed by atoms with Crippen LogP contribution in [0.2, 0.25) is 0 Å². The SMILES string of the molecule is CCCCn1c(SCC(=O)N2CC(=O)Nc3ccccc32)n[nH]c1=O. The van der Waals surface area contributed by atoms with E-state index in [1.54, 1.807) is 18.2 Å². The molecule has 0 fully saturated rings. The summed E-state index contributed by atoms with van der Waals surface area (Å²) < 4.78 is 1.54. The average molecular weight is 361 g/mol. The maximum Gasteiger partial charge on any atom is 0.343 e. The van der Waals surface area contributed by atoms with Crippen molar-refractivity contribution in [3.05, 3.63) is 34.7 Å². The van der Waals surface area contributed by atoms with Crippen LogP contribution < -0.4 is 15.9 Å². The van der Waals surface area contributed by atoms with Gasteiger partial charge in [-0.3, -0.25) is 14.2 Å². The first kappa shape index (κ1) is 17.3. The van der Waals surface area contributed by atoms with Gasteiger partial charge < -0.3 is 10.2 Å². The standard InChI is InChI=1S/C16H19N5O3S/c1-2-3-8-20-15(24)18-19-16(20)25-10-14(23)21-9-13(22)17-11-6-4-5-7-12(11)21/h4-7H,2-3,8-10H2,1H3,(H,17,22)(H,18,24). The van der Waals surface area contributed by atoms with E-state index in [-0.39, 0.29) is 29.8 Å². The van der Waals surface area contributed by atoms with Gasteiger partial charge in [-0.2, -0.15) is 0 Å². The maximum absolute atomic E-state index is 12.6. The van der Waals surface area contributed by atoms with E-state index in [0.29, 0.717) is 23.1 Å². The molecule has 2 heterocycles. The highest BCUT2D eigenvalue weighted by Gasteiger charge is 2.26. The highest BCUT2D eigenvalue weighted by molar-refractivity contribution is 7.99. The van der Waals surface area contributed by atoms with Gasteiger partial charge in [-0.15, -0.1) is 5.10 Å². The van der Waals surface area contributed by atoms with E-state index < -0.39 is 0 Å². The lowest BCUT2D eigenvalue weighted by Gasteiger charge is -2.29. The van der Waals surface area contributed by atoms with Gasteiger partial charge in [0.05, 0.1) is 17.1 Å². The molecule has 9 heteroatoms. The number of H-pyrrole nitrogens is 1. The summed E-state index contributed by atoms with van der Waals surface area (Å²) in [5.74, 6) is -0.334. The van der Waals surface area contributed by atoms with Gasteiger partial charge in [0.2, 0.25) is 11.8 Å². The molecule has 2 aromatic rings. The third-order valence-electron chi connectivity index (χ3n) is 3.85. The molecule has 0 radical (unpaired) electrons. The summed E-state index contributed by atoms with van der Waals surface area (Å²) in [6.07, 6.45) is 1.82. The van der Waals surface area contributed by atoms with Crippen LogP contribution in [-0.2, 0) is 16.1 Å². The van der Waals surface area contributed by atoms with Crippen molar-refractivity contribution in [3.8, 4) is 0 Å². The second-order valence-corrected chi connectivity index (χ2v) is 6.59. The zero-order valence-corrected chi connectivity index (χ0v) is 14.6. The van der Waals surface area contributed by atoms with Gasteiger partial charge in [0.25, 0.3) is 0 Å². The number of carbonyl (C=O) groups excluding carboxylic acids is 2. The molecule has 3 rings (SSSR count). The number of nitrogens with one attached hydrogen (secondary N) is 2. The van der Waals surface area contributed by atoms with E-state index >= 15 is 0 Å². The molecular weight excluding hydrogens is 342 g/mol. The van der Waals surface area contributed by atoms with E-state index in [4.69, 9.17) is 0 Å². The summed E-state index contributed by atoms with van der Waals surface area (Å²) in [5, 5.41) is 9.64. The van der Waals surface area contributed by atoms with Crippen molar-refractivity contribution in [2.24, 2.45) is 0 Å². The Morgan fingerprint density at radius 1 is 1.32 bits per heavy atom. The first-order valence-electron chi connectivity index (χ1n) is 8.07. The van der Waals surface area contributed by atoms with Crippen molar-refractivity contribution in [2.75, 3.05) is 22.5 Å². The Bertz CT molecular complexity index is 844. The van der Waals surface area contributed by atoms with Crippen LogP contribution >= 0.6 is 11.8 Å². The third kappa shape index (κ3) is 3.76. The number of thioether (sulfide) groups is 1. The topological polar surface area (TPSA) is 100 Å². The number of hydrogen-bond donors (Lipinski definition) is 2. The number of hydrogen-bond acceptors (Lipinski definition) is 5. The molecule has 132 valence electrons. The van der Waals surface area contributed by atoms with Crippen molar-refractivity contribution in [2.45, 2.75) is 31.5 Å². The van der Waals surface area contributed by atoms with Crippen LogP contribution in [0, 0.1) is 0 Å². The second kappa shape index (κ2) is 7.56. The molecule has 1 aromatic heterocycles. The van der Waals surface area contributed by atoms with Crippen LogP contribution in [0.25, 0.3) is 0 Å². The minimum Gasteiger partial charge on any atom is -0.323 e. The first-order chi connectivity index (χ1) is 12.1. The molecule has 1 aliphatic heterocycles. The van der Waals surface area contributed by atoms with Crippen LogP contribution in [0.3, 0.4) is 0 Å². The third-order valence-corrected chi connectivity index (χ3v) is 4.82. The fourth-order valence-electron chi connectivity index (χ4n) is 2.59. The number of fused-ring (bicyclic) bond motifs is 1. The molecule has 0 spiro atoms. The number of para-hydroxylation sites is 2. The minimum absolute atomic E-state index is 0.0143. The van der Waals surface area contributed by atoms with Crippen molar-refractivity contribution in [1.82, 2.24) is 14.8 Å². The molecule has 2 amide bonds. The summed E-state index contributed by atoms with van der Waals surface area (Å²) in [7, 11) is 0. The van der Waals surface area contributed by atoms with E-state index in [1.165, 1.54) is 21.2 Å². The molecule has 25 heavy (non-hydrogen) atoms. The molecule has 0 unspecified atom stereocenters. The predicted molar refractivity (Wildman–Crippen MR) is 95.9 cm³/mol.